The highest BCUT2D eigenvalue weighted by atomic mass is 35.5. The maximum atomic E-state index is 13.3. The molecule has 0 saturated carbocycles. The van der Waals surface area contributed by atoms with Crippen LogP contribution in [0.1, 0.15) is 6.92 Å². The van der Waals surface area contributed by atoms with Crippen molar-refractivity contribution in [2.24, 2.45) is 0 Å². The Kier molecular flexibility index (Phi) is 3.31. The van der Waals surface area contributed by atoms with Gasteiger partial charge in [-0.2, -0.15) is 0 Å². The molecular weight excluding hydrogens is 265 g/mol. The maximum Gasteiger partial charge on any atom is 0.346 e. The minimum Gasteiger partial charge on any atom is -0.465 e. The quantitative estimate of drug-likeness (QED) is 0.796. The molecule has 1 heterocycles. The van der Waals surface area contributed by atoms with Crippen LogP contribution in [0.3, 0.4) is 0 Å². The summed E-state index contributed by atoms with van der Waals surface area (Å²) < 4.78 is 18.0. The van der Waals surface area contributed by atoms with E-state index in [0.717, 1.165) is 11.8 Å². The van der Waals surface area contributed by atoms with Gasteiger partial charge in [0.05, 0.1) is 22.7 Å². The third-order valence-corrected chi connectivity index (χ3v) is 4.07. The number of thioether (sulfide) groups is 1. The minimum atomic E-state index is -0.511. The molecule has 1 aliphatic heterocycles. The third-order valence-electron chi connectivity index (χ3n) is 2.29. The molecule has 3 nitrogen and oxygen atoms in total. The predicted molar refractivity (Wildman–Crippen MR) is 65.6 cm³/mol. The molecule has 0 aliphatic carbocycles. The standard InChI is InChI=1S/C11H9ClFNO2S/c1-5-9(11(15)16-2)17-10-7(14-5)4-3-6(13)8(10)12/h3-4,14H,1-2H3. The van der Waals surface area contributed by atoms with E-state index in [1.165, 1.54) is 13.2 Å². The van der Waals surface area contributed by atoms with Crippen LogP contribution in [0.15, 0.2) is 27.6 Å². The van der Waals surface area contributed by atoms with Crippen molar-refractivity contribution in [3.05, 3.63) is 33.6 Å². The van der Waals surface area contributed by atoms with E-state index in [-0.39, 0.29) is 5.02 Å². The third kappa shape index (κ3) is 2.12. The Morgan fingerprint density at radius 2 is 2.24 bits per heavy atom. The van der Waals surface area contributed by atoms with Gasteiger partial charge in [0.15, 0.2) is 0 Å². The number of esters is 1. The molecule has 0 atom stereocenters. The molecule has 0 saturated heterocycles. The van der Waals surface area contributed by atoms with Gasteiger partial charge in [0, 0.05) is 5.70 Å². The Balaban J connectivity index is 2.46. The minimum absolute atomic E-state index is 0.00824. The molecule has 0 fully saturated rings. The van der Waals surface area contributed by atoms with Crippen LogP contribution < -0.4 is 5.32 Å². The molecule has 0 amide bonds. The lowest BCUT2D eigenvalue weighted by atomic mass is 10.3. The van der Waals surface area contributed by atoms with Crippen molar-refractivity contribution >= 4 is 35.0 Å². The average Bonchev–Trinajstić information content (AvgIpc) is 2.32. The van der Waals surface area contributed by atoms with E-state index >= 15 is 0 Å². The van der Waals surface area contributed by atoms with Crippen molar-refractivity contribution in [2.75, 3.05) is 12.4 Å². The summed E-state index contributed by atoms with van der Waals surface area (Å²) in [5.41, 5.74) is 1.35. The van der Waals surface area contributed by atoms with Crippen LogP contribution in [-0.4, -0.2) is 13.1 Å². The topological polar surface area (TPSA) is 38.3 Å². The first-order valence-electron chi connectivity index (χ1n) is 4.76. The number of methoxy groups -OCH3 is 1. The number of hydrogen-bond donors (Lipinski definition) is 1. The first kappa shape index (κ1) is 12.3. The van der Waals surface area contributed by atoms with Crippen molar-refractivity contribution in [2.45, 2.75) is 11.8 Å². The fraction of sp³-hybridized carbons (Fsp3) is 0.182. The monoisotopic (exact) mass is 273 g/mol. The number of nitrogens with one attached hydrogen (secondary N) is 1. The molecule has 17 heavy (non-hydrogen) atoms. The summed E-state index contributed by atoms with van der Waals surface area (Å²) in [6.07, 6.45) is 0. The summed E-state index contributed by atoms with van der Waals surface area (Å²) >= 11 is 6.97. The van der Waals surface area contributed by atoms with Crippen LogP contribution in [0, 0.1) is 5.82 Å². The summed E-state index contributed by atoms with van der Waals surface area (Å²) in [4.78, 5) is 12.4. The number of ether oxygens (including phenoxy) is 1. The molecule has 1 aromatic rings. The van der Waals surface area contributed by atoms with Crippen molar-refractivity contribution in [1.29, 1.82) is 0 Å². The molecule has 1 N–H and O–H groups in total. The normalized spacial score (nSPS) is 14.1. The van der Waals surface area contributed by atoms with Crippen LogP contribution in [0.5, 0.6) is 0 Å². The van der Waals surface area contributed by atoms with E-state index in [1.807, 2.05) is 0 Å². The number of carbonyl (C=O) groups excluding carboxylic acids is 1. The van der Waals surface area contributed by atoms with Gasteiger partial charge in [-0.3, -0.25) is 0 Å². The number of anilines is 1. The smallest absolute Gasteiger partial charge is 0.346 e. The Labute approximate surface area is 107 Å². The number of fused-ring (bicyclic) bond motifs is 1. The molecule has 6 heteroatoms. The van der Waals surface area contributed by atoms with Crippen molar-refractivity contribution in [3.63, 3.8) is 0 Å². The van der Waals surface area contributed by atoms with Gasteiger partial charge in [-0.1, -0.05) is 23.4 Å². The SMILES string of the molecule is COC(=O)C1=C(C)Nc2ccc(F)c(Cl)c2S1. The largest absolute Gasteiger partial charge is 0.465 e. The van der Waals surface area contributed by atoms with Gasteiger partial charge < -0.3 is 10.1 Å². The molecule has 0 unspecified atom stereocenters. The fourth-order valence-corrected chi connectivity index (χ4v) is 2.73. The average molecular weight is 274 g/mol. The first-order valence-corrected chi connectivity index (χ1v) is 5.96. The van der Waals surface area contributed by atoms with Crippen LogP contribution in [-0.2, 0) is 9.53 Å². The summed E-state index contributed by atoms with van der Waals surface area (Å²) in [5.74, 6) is -0.977. The van der Waals surface area contributed by atoms with Gasteiger partial charge in [0.1, 0.15) is 10.7 Å². The molecule has 0 radical (unpaired) electrons. The van der Waals surface area contributed by atoms with Crippen molar-refractivity contribution < 1.29 is 13.9 Å². The molecule has 1 aliphatic rings. The van der Waals surface area contributed by atoms with E-state index < -0.39 is 11.8 Å². The second-order valence-electron chi connectivity index (χ2n) is 3.41. The molecule has 0 spiro atoms. The van der Waals surface area contributed by atoms with Gasteiger partial charge in [0.25, 0.3) is 0 Å². The Morgan fingerprint density at radius 3 is 2.88 bits per heavy atom. The highest BCUT2D eigenvalue weighted by Crippen LogP contribution is 2.44. The highest BCUT2D eigenvalue weighted by molar-refractivity contribution is 8.04. The van der Waals surface area contributed by atoms with Gasteiger partial charge in [-0.15, -0.1) is 0 Å². The van der Waals surface area contributed by atoms with Gasteiger partial charge >= 0.3 is 5.97 Å². The van der Waals surface area contributed by atoms with E-state index in [4.69, 9.17) is 11.6 Å². The molecular formula is C11H9ClFNO2S. The molecule has 90 valence electrons. The number of benzene rings is 1. The van der Waals surface area contributed by atoms with E-state index in [1.54, 1.807) is 13.0 Å². The lowest BCUT2D eigenvalue weighted by Crippen LogP contribution is -2.13. The Bertz CT molecular complexity index is 530. The van der Waals surface area contributed by atoms with Crippen LogP contribution >= 0.6 is 23.4 Å². The Hall–Kier alpha value is -1.20. The van der Waals surface area contributed by atoms with Crippen molar-refractivity contribution in [1.82, 2.24) is 0 Å². The predicted octanol–water partition coefficient (Wildman–Crippen LogP) is 3.40. The number of carbonyl (C=O) groups is 1. The summed E-state index contributed by atoms with van der Waals surface area (Å²) in [6, 6.07) is 2.87. The lowest BCUT2D eigenvalue weighted by molar-refractivity contribution is -0.135. The number of hydrogen-bond acceptors (Lipinski definition) is 4. The zero-order chi connectivity index (χ0) is 12.6. The molecule has 0 aromatic heterocycles. The van der Waals surface area contributed by atoms with Crippen LogP contribution in [0.25, 0.3) is 0 Å². The van der Waals surface area contributed by atoms with Crippen LogP contribution in [0.2, 0.25) is 5.02 Å². The molecule has 0 bridgehead atoms. The summed E-state index contributed by atoms with van der Waals surface area (Å²) in [6.45, 7) is 1.75. The van der Waals surface area contributed by atoms with E-state index in [0.29, 0.717) is 21.2 Å². The summed E-state index contributed by atoms with van der Waals surface area (Å²) in [7, 11) is 1.30. The second kappa shape index (κ2) is 4.58. The summed E-state index contributed by atoms with van der Waals surface area (Å²) in [5, 5.41) is 3.01. The maximum absolute atomic E-state index is 13.3. The van der Waals surface area contributed by atoms with Crippen LogP contribution in [0.4, 0.5) is 10.1 Å². The number of rotatable bonds is 1. The highest BCUT2D eigenvalue weighted by Gasteiger charge is 2.25. The van der Waals surface area contributed by atoms with E-state index in [2.05, 4.69) is 10.1 Å². The Morgan fingerprint density at radius 1 is 1.53 bits per heavy atom. The van der Waals surface area contributed by atoms with Gasteiger partial charge in [0.2, 0.25) is 0 Å². The molecule has 2 rings (SSSR count). The number of halogens is 2. The first-order chi connectivity index (χ1) is 8.04. The zero-order valence-corrected chi connectivity index (χ0v) is 10.7. The molecule has 1 aromatic carbocycles. The second-order valence-corrected chi connectivity index (χ2v) is 4.81. The van der Waals surface area contributed by atoms with Gasteiger partial charge in [-0.05, 0) is 19.1 Å². The van der Waals surface area contributed by atoms with Crippen molar-refractivity contribution in [3.8, 4) is 0 Å². The zero-order valence-electron chi connectivity index (χ0n) is 9.14. The van der Waals surface area contributed by atoms with E-state index in [9.17, 15) is 9.18 Å². The van der Waals surface area contributed by atoms with Gasteiger partial charge in [-0.25, -0.2) is 9.18 Å². The lowest BCUT2D eigenvalue weighted by Gasteiger charge is -2.21. The fourth-order valence-electron chi connectivity index (χ4n) is 1.46. The number of allylic oxidation sites excluding steroid dienone is 1.